The lowest BCUT2D eigenvalue weighted by Crippen LogP contribution is -2.48. The minimum absolute atomic E-state index is 0.353. The maximum Gasteiger partial charge on any atom is 0.397 e. The number of aromatic nitrogens is 5. The van der Waals surface area contributed by atoms with Crippen LogP contribution in [0.25, 0.3) is 21.9 Å². The summed E-state index contributed by atoms with van der Waals surface area (Å²) in [5.41, 5.74) is 1.19. The number of carbonyl (C=O) groups excluding carboxylic acids is 1. The first-order chi connectivity index (χ1) is 12.9. The lowest BCUT2D eigenvalue weighted by Gasteiger charge is -2.34. The first-order valence-corrected chi connectivity index (χ1v) is 8.47. The van der Waals surface area contributed by atoms with Crippen molar-refractivity contribution in [2.45, 2.75) is 31.5 Å². The van der Waals surface area contributed by atoms with Crippen molar-refractivity contribution in [3.8, 4) is 0 Å². The van der Waals surface area contributed by atoms with E-state index in [4.69, 9.17) is 0 Å². The van der Waals surface area contributed by atoms with Gasteiger partial charge in [0.1, 0.15) is 11.9 Å². The zero-order chi connectivity index (χ0) is 19.0. The standard InChI is InChI=1S/C16H16F3N7O/c17-16(18,19)6-12(27)22-9-2-1-5-26(8-9)15-13-10-3-4-20-14(10)24-23-11(13)7-21-25-15/h3-4,7,9H,1-2,5-6,8H2,(H,20,24)(H,22,27). The minimum atomic E-state index is -4.52. The number of halogens is 3. The summed E-state index contributed by atoms with van der Waals surface area (Å²) >= 11 is 0. The summed E-state index contributed by atoms with van der Waals surface area (Å²) in [6.07, 6.45) is -1.40. The van der Waals surface area contributed by atoms with Gasteiger partial charge >= 0.3 is 6.18 Å². The van der Waals surface area contributed by atoms with Crippen molar-refractivity contribution in [1.29, 1.82) is 0 Å². The number of aromatic amines is 1. The highest BCUT2D eigenvalue weighted by Gasteiger charge is 2.33. The zero-order valence-electron chi connectivity index (χ0n) is 14.1. The Hall–Kier alpha value is -2.98. The third-order valence-electron chi connectivity index (χ3n) is 4.51. The second kappa shape index (κ2) is 6.63. The van der Waals surface area contributed by atoms with E-state index in [2.05, 4.69) is 30.7 Å². The lowest BCUT2D eigenvalue weighted by atomic mass is 10.0. The summed E-state index contributed by atoms with van der Waals surface area (Å²) in [7, 11) is 0. The van der Waals surface area contributed by atoms with Crippen molar-refractivity contribution in [3.05, 3.63) is 18.5 Å². The molecule has 0 radical (unpaired) electrons. The van der Waals surface area contributed by atoms with E-state index < -0.39 is 18.5 Å². The van der Waals surface area contributed by atoms with Crippen LogP contribution in [-0.2, 0) is 4.79 Å². The van der Waals surface area contributed by atoms with Crippen LogP contribution in [0.5, 0.6) is 0 Å². The Morgan fingerprint density at radius 3 is 3.00 bits per heavy atom. The van der Waals surface area contributed by atoms with Gasteiger partial charge in [-0.25, -0.2) is 0 Å². The van der Waals surface area contributed by atoms with Crippen molar-refractivity contribution >= 4 is 33.7 Å². The number of hydrogen-bond acceptors (Lipinski definition) is 6. The van der Waals surface area contributed by atoms with Gasteiger partial charge in [0.05, 0.1) is 11.6 Å². The Morgan fingerprint density at radius 2 is 2.19 bits per heavy atom. The molecule has 142 valence electrons. The van der Waals surface area contributed by atoms with Gasteiger partial charge < -0.3 is 15.2 Å². The van der Waals surface area contributed by atoms with E-state index in [0.717, 1.165) is 10.8 Å². The van der Waals surface area contributed by atoms with Crippen LogP contribution in [0.3, 0.4) is 0 Å². The molecule has 0 spiro atoms. The molecule has 1 atom stereocenters. The molecule has 1 aliphatic rings. The summed E-state index contributed by atoms with van der Waals surface area (Å²) in [5, 5.41) is 20.5. The number of nitrogens with one attached hydrogen (secondary N) is 2. The maximum absolute atomic E-state index is 12.4. The van der Waals surface area contributed by atoms with E-state index in [1.807, 2.05) is 11.0 Å². The normalized spacial score (nSPS) is 18.2. The van der Waals surface area contributed by atoms with Crippen LogP contribution in [-0.4, -0.2) is 56.6 Å². The van der Waals surface area contributed by atoms with E-state index in [-0.39, 0.29) is 6.04 Å². The van der Waals surface area contributed by atoms with Crippen LogP contribution < -0.4 is 10.2 Å². The molecular weight excluding hydrogens is 363 g/mol. The largest absolute Gasteiger partial charge is 0.397 e. The minimum Gasteiger partial charge on any atom is -0.352 e. The fourth-order valence-electron chi connectivity index (χ4n) is 3.42. The summed E-state index contributed by atoms with van der Waals surface area (Å²) < 4.78 is 37.2. The molecule has 0 aliphatic carbocycles. The number of anilines is 1. The number of fused-ring (bicyclic) bond motifs is 3. The van der Waals surface area contributed by atoms with Gasteiger partial charge in [-0.3, -0.25) is 4.79 Å². The number of hydrogen-bond donors (Lipinski definition) is 2. The lowest BCUT2D eigenvalue weighted by molar-refractivity contribution is -0.154. The fraction of sp³-hybridized carbons (Fsp3) is 0.438. The second-order valence-corrected chi connectivity index (χ2v) is 6.51. The SMILES string of the molecule is O=C(CC(F)(F)F)NC1CCCN(c2nncc3nnc4[nH]ccc4c23)C1. The Kier molecular flexibility index (Phi) is 4.28. The summed E-state index contributed by atoms with van der Waals surface area (Å²) in [6, 6.07) is 1.48. The molecule has 3 aromatic rings. The van der Waals surface area contributed by atoms with Gasteiger partial charge in [0.2, 0.25) is 5.91 Å². The second-order valence-electron chi connectivity index (χ2n) is 6.51. The molecule has 3 aromatic heterocycles. The summed E-state index contributed by atoms with van der Waals surface area (Å²) in [4.78, 5) is 16.5. The number of piperidine rings is 1. The van der Waals surface area contributed by atoms with Crippen molar-refractivity contribution in [1.82, 2.24) is 30.7 Å². The molecule has 1 amide bonds. The first-order valence-electron chi connectivity index (χ1n) is 8.47. The van der Waals surface area contributed by atoms with Gasteiger partial charge in [-0.1, -0.05) is 0 Å². The highest BCUT2D eigenvalue weighted by atomic mass is 19.4. The van der Waals surface area contributed by atoms with Crippen LogP contribution >= 0.6 is 0 Å². The molecule has 0 aromatic carbocycles. The maximum atomic E-state index is 12.4. The highest BCUT2D eigenvalue weighted by molar-refractivity contribution is 6.08. The first kappa shape index (κ1) is 17.4. The van der Waals surface area contributed by atoms with Gasteiger partial charge in [0, 0.05) is 30.7 Å². The molecule has 8 nitrogen and oxygen atoms in total. The van der Waals surface area contributed by atoms with Crippen LogP contribution in [0.15, 0.2) is 18.5 Å². The molecule has 1 saturated heterocycles. The Bertz CT molecular complexity index is 987. The molecule has 1 unspecified atom stereocenters. The molecule has 4 heterocycles. The Balaban J connectivity index is 1.60. The van der Waals surface area contributed by atoms with Gasteiger partial charge in [0.25, 0.3) is 0 Å². The van der Waals surface area contributed by atoms with Crippen LogP contribution in [0.4, 0.5) is 19.0 Å². The van der Waals surface area contributed by atoms with Crippen molar-refractivity contribution < 1.29 is 18.0 Å². The molecule has 2 N–H and O–H groups in total. The third kappa shape index (κ3) is 3.62. The molecular formula is C16H16F3N7O. The molecule has 1 aliphatic heterocycles. The Labute approximate surface area is 151 Å². The number of H-pyrrole nitrogens is 1. The fourth-order valence-corrected chi connectivity index (χ4v) is 3.42. The number of rotatable bonds is 3. The molecule has 27 heavy (non-hydrogen) atoms. The predicted molar refractivity (Wildman–Crippen MR) is 91.0 cm³/mol. The summed E-state index contributed by atoms with van der Waals surface area (Å²) in [6.45, 7) is 1.01. The predicted octanol–water partition coefficient (Wildman–Crippen LogP) is 1.94. The van der Waals surface area contributed by atoms with Crippen molar-refractivity contribution in [2.24, 2.45) is 0 Å². The molecule has 0 bridgehead atoms. The van der Waals surface area contributed by atoms with Crippen LogP contribution in [0.2, 0.25) is 0 Å². The topological polar surface area (TPSA) is 99.7 Å². The average Bonchev–Trinajstić information content (AvgIpc) is 3.08. The number of amides is 1. The molecule has 1 fully saturated rings. The smallest absolute Gasteiger partial charge is 0.352 e. The van der Waals surface area contributed by atoms with Crippen LogP contribution in [0, 0.1) is 0 Å². The van der Waals surface area contributed by atoms with Gasteiger partial charge in [0.15, 0.2) is 11.5 Å². The zero-order valence-corrected chi connectivity index (χ0v) is 14.1. The molecule has 11 heteroatoms. The van der Waals surface area contributed by atoms with Crippen LogP contribution in [0.1, 0.15) is 19.3 Å². The van der Waals surface area contributed by atoms with Gasteiger partial charge in [-0.05, 0) is 18.9 Å². The van der Waals surface area contributed by atoms with E-state index in [1.165, 1.54) is 6.20 Å². The number of alkyl halides is 3. The van der Waals surface area contributed by atoms with E-state index in [0.29, 0.717) is 42.9 Å². The average molecular weight is 379 g/mol. The summed E-state index contributed by atoms with van der Waals surface area (Å²) in [5.74, 6) is -0.431. The quantitative estimate of drug-likeness (QED) is 0.722. The molecule has 4 rings (SSSR count). The monoisotopic (exact) mass is 379 g/mol. The van der Waals surface area contributed by atoms with E-state index in [9.17, 15) is 18.0 Å². The Morgan fingerprint density at radius 1 is 1.33 bits per heavy atom. The van der Waals surface area contributed by atoms with Gasteiger partial charge in [-0.2, -0.15) is 18.3 Å². The molecule has 0 saturated carbocycles. The highest BCUT2D eigenvalue weighted by Crippen LogP contribution is 2.30. The van der Waals surface area contributed by atoms with Gasteiger partial charge in [-0.15, -0.1) is 15.3 Å². The van der Waals surface area contributed by atoms with E-state index in [1.54, 1.807) is 6.20 Å². The van der Waals surface area contributed by atoms with Crippen molar-refractivity contribution in [3.63, 3.8) is 0 Å². The van der Waals surface area contributed by atoms with E-state index >= 15 is 0 Å². The number of carbonyl (C=O) groups is 1. The third-order valence-corrected chi connectivity index (χ3v) is 4.51. The number of nitrogens with zero attached hydrogens (tertiary/aromatic N) is 5. The van der Waals surface area contributed by atoms with Crippen molar-refractivity contribution in [2.75, 3.05) is 18.0 Å².